The molecule has 3 saturated heterocycles. The van der Waals surface area contributed by atoms with E-state index in [0.717, 1.165) is 41.9 Å². The summed E-state index contributed by atoms with van der Waals surface area (Å²) in [6, 6.07) is 3.61. The van der Waals surface area contributed by atoms with E-state index in [2.05, 4.69) is 19.9 Å². The van der Waals surface area contributed by atoms with Crippen molar-refractivity contribution in [2.45, 2.75) is 57.9 Å². The number of carbonyl (C=O) groups is 1. The van der Waals surface area contributed by atoms with Gasteiger partial charge in [-0.15, -0.1) is 5.10 Å². The van der Waals surface area contributed by atoms with E-state index in [-0.39, 0.29) is 24.5 Å². The van der Waals surface area contributed by atoms with E-state index >= 15 is 0 Å². The van der Waals surface area contributed by atoms with E-state index in [9.17, 15) is 9.18 Å². The molecule has 2 bridgehead atoms. The van der Waals surface area contributed by atoms with Crippen LogP contribution < -0.4 is 10.6 Å². The maximum absolute atomic E-state index is 14.8. The van der Waals surface area contributed by atoms with E-state index in [4.69, 9.17) is 15.6 Å². The number of amides is 1. The Morgan fingerprint density at radius 2 is 1.97 bits per heavy atom. The number of fused-ring (bicyclic) bond motifs is 3. The van der Waals surface area contributed by atoms with Gasteiger partial charge in [-0.1, -0.05) is 6.92 Å². The molecule has 6 rings (SSSR count). The molecule has 2 atom stereocenters. The molecule has 2 unspecified atom stereocenters. The van der Waals surface area contributed by atoms with Crippen LogP contribution in [0.15, 0.2) is 18.3 Å². The van der Waals surface area contributed by atoms with Crippen molar-refractivity contribution in [2.24, 2.45) is 5.73 Å². The normalized spacial score (nSPS) is 20.4. The third kappa shape index (κ3) is 3.68. The van der Waals surface area contributed by atoms with Gasteiger partial charge in [-0.3, -0.25) is 9.78 Å². The summed E-state index contributed by atoms with van der Waals surface area (Å²) < 4.78 is 22.2. The molecule has 10 heteroatoms. The van der Waals surface area contributed by atoms with Crippen LogP contribution in [0.5, 0.6) is 0 Å². The van der Waals surface area contributed by atoms with E-state index in [1.165, 1.54) is 13.8 Å². The monoisotopic (exact) mass is 439 g/mol. The van der Waals surface area contributed by atoms with E-state index in [1.54, 1.807) is 16.9 Å². The summed E-state index contributed by atoms with van der Waals surface area (Å²) in [5.74, 6) is 0.890. The predicted molar refractivity (Wildman–Crippen MR) is 116 cm³/mol. The summed E-state index contributed by atoms with van der Waals surface area (Å²) in [6.45, 7) is 6.33. The van der Waals surface area contributed by atoms with Crippen LogP contribution in [0.25, 0.3) is 16.7 Å². The number of piperidine rings is 1. The zero-order valence-electron chi connectivity index (χ0n) is 18.4. The molecule has 3 fully saturated rings. The Morgan fingerprint density at radius 1 is 1.25 bits per heavy atom. The maximum atomic E-state index is 14.8. The number of halogens is 1. The van der Waals surface area contributed by atoms with Crippen molar-refractivity contribution in [3.8, 4) is 5.82 Å². The van der Waals surface area contributed by atoms with Gasteiger partial charge >= 0.3 is 0 Å². The highest BCUT2D eigenvalue weighted by Crippen LogP contribution is 2.35. The summed E-state index contributed by atoms with van der Waals surface area (Å²) in [6.07, 6.45) is 3.85. The van der Waals surface area contributed by atoms with Gasteiger partial charge in [0.2, 0.25) is 5.91 Å². The number of nitrogens with two attached hydrogens (primary N) is 1. The van der Waals surface area contributed by atoms with Crippen LogP contribution in [0, 0.1) is 0 Å². The highest BCUT2D eigenvalue weighted by atomic mass is 19.1. The second-order valence-electron chi connectivity index (χ2n) is 8.96. The number of morpholine rings is 1. The minimum Gasteiger partial charge on any atom is -0.371 e. The zero-order valence-corrected chi connectivity index (χ0v) is 18.4. The molecule has 3 aromatic rings. The van der Waals surface area contributed by atoms with Crippen LogP contribution in [-0.2, 0) is 28.0 Å². The third-order valence-electron chi connectivity index (χ3n) is 5.89. The molecular formula is C22H26FN7O2. The number of hydrogen-bond donors (Lipinski definition) is 1. The average molecular weight is 439 g/mol. The van der Waals surface area contributed by atoms with Crippen molar-refractivity contribution >= 4 is 22.6 Å². The standard InChI is InChI=1S/C22H26FN7O2/c1-4-12-7-19(27-21(26-12)22(2,3)23)30-17-5-13(6-18(24)31)25-9-16(17)20(28-30)29-10-14-8-15(11-29)32-14/h5,7,9,14-15H,4,6,8,10-11H2,1-3H3,(H2,24,31). The van der Waals surface area contributed by atoms with E-state index in [0.29, 0.717) is 17.9 Å². The fourth-order valence-corrected chi connectivity index (χ4v) is 4.29. The van der Waals surface area contributed by atoms with Gasteiger partial charge in [-0.2, -0.15) is 0 Å². The number of aryl methyl sites for hydroxylation is 1. The highest BCUT2D eigenvalue weighted by Gasteiger charge is 2.39. The quantitative estimate of drug-likeness (QED) is 0.625. The SMILES string of the molecule is CCc1cc(-n2nc(N3CC4CC(C3)O4)c3cnc(CC(N)=O)cc32)nc(C(C)(C)F)n1. The van der Waals surface area contributed by atoms with Crippen molar-refractivity contribution in [1.82, 2.24) is 24.7 Å². The van der Waals surface area contributed by atoms with Gasteiger partial charge < -0.3 is 15.4 Å². The predicted octanol–water partition coefficient (Wildman–Crippen LogP) is 1.98. The van der Waals surface area contributed by atoms with Crippen molar-refractivity contribution in [3.63, 3.8) is 0 Å². The summed E-state index contributed by atoms with van der Waals surface area (Å²) >= 11 is 0. The molecule has 0 radical (unpaired) electrons. The molecule has 0 aromatic carbocycles. The van der Waals surface area contributed by atoms with Gasteiger partial charge in [-0.05, 0) is 26.3 Å². The molecular weight excluding hydrogens is 413 g/mol. The van der Waals surface area contributed by atoms with Crippen molar-refractivity contribution in [2.75, 3.05) is 18.0 Å². The first-order valence-corrected chi connectivity index (χ1v) is 10.9. The first kappa shape index (κ1) is 20.7. The van der Waals surface area contributed by atoms with Gasteiger partial charge in [0, 0.05) is 37.5 Å². The van der Waals surface area contributed by atoms with Gasteiger partial charge in [0.1, 0.15) is 0 Å². The number of alkyl halides is 1. The molecule has 0 saturated carbocycles. The highest BCUT2D eigenvalue weighted by molar-refractivity contribution is 5.92. The zero-order chi connectivity index (χ0) is 22.6. The van der Waals surface area contributed by atoms with Crippen LogP contribution in [0.1, 0.15) is 44.4 Å². The van der Waals surface area contributed by atoms with Crippen LogP contribution in [0.2, 0.25) is 0 Å². The van der Waals surface area contributed by atoms with Crippen LogP contribution >= 0.6 is 0 Å². The number of hydrogen-bond acceptors (Lipinski definition) is 7. The summed E-state index contributed by atoms with van der Waals surface area (Å²) in [5, 5.41) is 5.71. The average Bonchev–Trinajstić information content (AvgIpc) is 3.11. The lowest BCUT2D eigenvalue weighted by Gasteiger charge is -2.47. The molecule has 3 aromatic heterocycles. The largest absolute Gasteiger partial charge is 0.371 e. The Kier molecular flexibility index (Phi) is 4.85. The van der Waals surface area contributed by atoms with Gasteiger partial charge in [0.25, 0.3) is 0 Å². The molecule has 6 heterocycles. The molecule has 0 aliphatic carbocycles. The number of aromatic nitrogens is 5. The fraction of sp³-hybridized carbons (Fsp3) is 0.500. The lowest BCUT2D eigenvalue weighted by atomic mass is 9.99. The third-order valence-corrected chi connectivity index (χ3v) is 5.89. The number of nitrogens with zero attached hydrogens (tertiary/aromatic N) is 6. The second-order valence-corrected chi connectivity index (χ2v) is 8.96. The number of anilines is 1. The molecule has 0 spiro atoms. The fourth-order valence-electron chi connectivity index (χ4n) is 4.29. The molecule has 168 valence electrons. The Morgan fingerprint density at radius 3 is 2.59 bits per heavy atom. The number of ether oxygens (including phenoxy) is 1. The van der Waals surface area contributed by atoms with Gasteiger partial charge in [-0.25, -0.2) is 19.0 Å². The van der Waals surface area contributed by atoms with Crippen LogP contribution in [0.3, 0.4) is 0 Å². The van der Waals surface area contributed by atoms with E-state index in [1.807, 2.05) is 13.0 Å². The topological polar surface area (TPSA) is 112 Å². The summed E-state index contributed by atoms with van der Waals surface area (Å²) in [5.41, 5.74) is 5.67. The minimum atomic E-state index is -1.70. The number of carbonyl (C=O) groups excluding carboxylic acids is 1. The minimum absolute atomic E-state index is 0.0188. The lowest BCUT2D eigenvalue weighted by Crippen LogP contribution is -2.57. The lowest BCUT2D eigenvalue weighted by molar-refractivity contribution is -0.133. The van der Waals surface area contributed by atoms with Gasteiger partial charge in [0.15, 0.2) is 23.1 Å². The number of rotatable bonds is 6. The maximum Gasteiger partial charge on any atom is 0.223 e. The second kappa shape index (κ2) is 7.47. The summed E-state index contributed by atoms with van der Waals surface area (Å²) in [4.78, 5) is 27.0. The summed E-state index contributed by atoms with van der Waals surface area (Å²) in [7, 11) is 0. The molecule has 3 aliphatic heterocycles. The molecule has 9 nitrogen and oxygen atoms in total. The van der Waals surface area contributed by atoms with Crippen molar-refractivity contribution < 1.29 is 13.9 Å². The Hall–Kier alpha value is -3.14. The van der Waals surface area contributed by atoms with Gasteiger partial charge in [0.05, 0.1) is 35.2 Å². The Balaban J connectivity index is 1.68. The first-order chi connectivity index (χ1) is 15.2. The first-order valence-electron chi connectivity index (χ1n) is 10.9. The molecule has 3 aliphatic rings. The molecule has 2 N–H and O–H groups in total. The Bertz CT molecular complexity index is 1190. The number of primary amides is 1. The van der Waals surface area contributed by atoms with Crippen molar-refractivity contribution in [1.29, 1.82) is 0 Å². The molecule has 32 heavy (non-hydrogen) atoms. The van der Waals surface area contributed by atoms with Crippen LogP contribution in [-0.4, -0.2) is 55.9 Å². The number of pyridine rings is 1. The van der Waals surface area contributed by atoms with Crippen LogP contribution in [0.4, 0.5) is 10.2 Å². The van der Waals surface area contributed by atoms with Crippen molar-refractivity contribution in [3.05, 3.63) is 35.5 Å². The smallest absolute Gasteiger partial charge is 0.223 e. The molecule has 1 amide bonds. The Labute approximate surface area is 184 Å². The van der Waals surface area contributed by atoms with E-state index < -0.39 is 11.6 Å².